The number of cyclic esters (lactones) is 1. The van der Waals surface area contributed by atoms with Gasteiger partial charge in [0.05, 0.1) is 13.2 Å². The van der Waals surface area contributed by atoms with Gasteiger partial charge in [-0.25, -0.2) is 4.79 Å². The molecule has 1 rings (SSSR count). The first-order valence-electron chi connectivity index (χ1n) is 7.30. The van der Waals surface area contributed by atoms with E-state index in [2.05, 4.69) is 0 Å². The van der Waals surface area contributed by atoms with E-state index in [1.54, 1.807) is 6.08 Å². The molecule has 3 nitrogen and oxygen atoms in total. The zero-order valence-corrected chi connectivity index (χ0v) is 11.4. The van der Waals surface area contributed by atoms with Crippen molar-refractivity contribution in [1.82, 2.24) is 0 Å². The monoisotopic (exact) mass is 254 g/mol. The van der Waals surface area contributed by atoms with E-state index in [1.165, 1.54) is 51.0 Å². The summed E-state index contributed by atoms with van der Waals surface area (Å²) in [5.74, 6) is -0.247. The van der Waals surface area contributed by atoms with E-state index in [-0.39, 0.29) is 5.97 Å². The molecule has 0 aromatic carbocycles. The first-order valence-corrected chi connectivity index (χ1v) is 7.30. The second-order valence-corrected chi connectivity index (χ2v) is 4.83. The average molecular weight is 254 g/mol. The molecule has 0 fully saturated rings. The second-order valence-electron chi connectivity index (χ2n) is 4.83. The summed E-state index contributed by atoms with van der Waals surface area (Å²) in [4.78, 5) is 11.3. The van der Waals surface area contributed by atoms with Crippen molar-refractivity contribution in [2.45, 2.75) is 57.8 Å². The third-order valence-corrected chi connectivity index (χ3v) is 3.15. The summed E-state index contributed by atoms with van der Waals surface area (Å²) >= 11 is 0. The lowest BCUT2D eigenvalue weighted by Crippen LogP contribution is -2.03. The number of hydrogen-bond acceptors (Lipinski definition) is 3. The van der Waals surface area contributed by atoms with Crippen LogP contribution in [0, 0.1) is 0 Å². The molecule has 0 N–H and O–H groups in total. The standard InChI is InChI=1S/C15H26O3/c16-15-11-10-13-17-12-8-6-4-2-1-3-5-7-9-14-18-15/h10-11H,1-9,12-14H2/b11-10+. The van der Waals surface area contributed by atoms with Gasteiger partial charge in [-0.1, -0.05) is 51.0 Å². The molecule has 0 spiro atoms. The van der Waals surface area contributed by atoms with Gasteiger partial charge in [-0.2, -0.15) is 0 Å². The molecule has 0 amide bonds. The third kappa shape index (κ3) is 9.23. The highest BCUT2D eigenvalue weighted by molar-refractivity contribution is 5.81. The lowest BCUT2D eigenvalue weighted by molar-refractivity contribution is -0.137. The Bertz CT molecular complexity index is 236. The molecule has 0 saturated heterocycles. The predicted molar refractivity (Wildman–Crippen MR) is 72.5 cm³/mol. The number of hydrogen-bond donors (Lipinski definition) is 0. The number of ether oxygens (including phenoxy) is 2. The van der Waals surface area contributed by atoms with Gasteiger partial charge in [0.25, 0.3) is 0 Å². The van der Waals surface area contributed by atoms with Crippen LogP contribution in [-0.4, -0.2) is 25.8 Å². The number of carbonyl (C=O) groups excluding carboxylic acids is 1. The van der Waals surface area contributed by atoms with Crippen molar-refractivity contribution in [3.05, 3.63) is 12.2 Å². The van der Waals surface area contributed by atoms with Crippen LogP contribution < -0.4 is 0 Å². The van der Waals surface area contributed by atoms with E-state index in [9.17, 15) is 4.79 Å². The maximum Gasteiger partial charge on any atom is 0.330 e. The first-order chi connectivity index (χ1) is 8.89. The third-order valence-electron chi connectivity index (χ3n) is 3.15. The zero-order chi connectivity index (χ0) is 12.9. The average Bonchev–Trinajstić information content (AvgIpc) is 2.37. The Balaban J connectivity index is 2.18. The zero-order valence-electron chi connectivity index (χ0n) is 11.4. The molecule has 0 atom stereocenters. The van der Waals surface area contributed by atoms with E-state index < -0.39 is 0 Å². The van der Waals surface area contributed by atoms with Gasteiger partial charge < -0.3 is 9.47 Å². The summed E-state index contributed by atoms with van der Waals surface area (Å²) in [5.41, 5.74) is 0. The summed E-state index contributed by atoms with van der Waals surface area (Å²) in [5, 5.41) is 0. The van der Waals surface area contributed by atoms with Crippen molar-refractivity contribution in [2.24, 2.45) is 0 Å². The number of carbonyl (C=O) groups is 1. The Morgan fingerprint density at radius 2 is 1.33 bits per heavy atom. The molecule has 0 unspecified atom stereocenters. The molecule has 3 heteroatoms. The normalized spacial score (nSPS) is 23.9. The SMILES string of the molecule is O=C1/C=C/COCCCCCCCCCCCO1. The largest absolute Gasteiger partial charge is 0.463 e. The molecular formula is C15H26O3. The molecule has 0 aliphatic carbocycles. The fourth-order valence-electron chi connectivity index (χ4n) is 2.06. The van der Waals surface area contributed by atoms with Crippen molar-refractivity contribution in [3.63, 3.8) is 0 Å². The van der Waals surface area contributed by atoms with Crippen LogP contribution in [0.5, 0.6) is 0 Å². The van der Waals surface area contributed by atoms with Crippen LogP contribution in [0.3, 0.4) is 0 Å². The molecule has 0 bridgehead atoms. The van der Waals surface area contributed by atoms with Crippen LogP contribution >= 0.6 is 0 Å². The summed E-state index contributed by atoms with van der Waals surface area (Å²) < 4.78 is 10.5. The Kier molecular flexibility index (Phi) is 9.54. The van der Waals surface area contributed by atoms with Crippen LogP contribution in [0.15, 0.2) is 12.2 Å². The predicted octanol–water partition coefficient (Wildman–Crippen LogP) is 3.63. The van der Waals surface area contributed by atoms with Crippen molar-refractivity contribution in [1.29, 1.82) is 0 Å². The van der Waals surface area contributed by atoms with E-state index in [0.717, 1.165) is 19.4 Å². The Morgan fingerprint density at radius 3 is 2.00 bits per heavy atom. The molecule has 0 aromatic heterocycles. The van der Waals surface area contributed by atoms with Gasteiger partial charge >= 0.3 is 5.97 Å². The minimum Gasteiger partial charge on any atom is -0.463 e. The molecule has 18 heavy (non-hydrogen) atoms. The van der Waals surface area contributed by atoms with Gasteiger partial charge in [0.2, 0.25) is 0 Å². The van der Waals surface area contributed by atoms with Gasteiger partial charge in [-0.15, -0.1) is 0 Å². The molecule has 1 heterocycles. The Hall–Kier alpha value is -0.830. The highest BCUT2D eigenvalue weighted by Crippen LogP contribution is 2.10. The summed E-state index contributed by atoms with van der Waals surface area (Å²) in [6.45, 7) is 1.85. The van der Waals surface area contributed by atoms with E-state index in [4.69, 9.17) is 9.47 Å². The minimum absolute atomic E-state index is 0.247. The van der Waals surface area contributed by atoms with Crippen LogP contribution in [0.1, 0.15) is 57.8 Å². The van der Waals surface area contributed by atoms with Gasteiger partial charge in [0, 0.05) is 12.7 Å². The molecule has 1 aliphatic heterocycles. The van der Waals surface area contributed by atoms with Crippen molar-refractivity contribution in [3.8, 4) is 0 Å². The Labute approximate surface area is 111 Å². The summed E-state index contributed by atoms with van der Waals surface area (Å²) in [6, 6.07) is 0. The van der Waals surface area contributed by atoms with Gasteiger partial charge in [-0.05, 0) is 12.8 Å². The minimum atomic E-state index is -0.247. The Morgan fingerprint density at radius 1 is 0.778 bits per heavy atom. The second kappa shape index (κ2) is 11.3. The van der Waals surface area contributed by atoms with E-state index in [0.29, 0.717) is 13.2 Å². The van der Waals surface area contributed by atoms with Gasteiger partial charge in [0.1, 0.15) is 0 Å². The molecule has 0 saturated carbocycles. The lowest BCUT2D eigenvalue weighted by atomic mass is 10.1. The van der Waals surface area contributed by atoms with E-state index in [1.807, 2.05) is 0 Å². The maximum atomic E-state index is 11.3. The first kappa shape index (κ1) is 15.2. The fourth-order valence-corrected chi connectivity index (χ4v) is 2.06. The maximum absolute atomic E-state index is 11.3. The lowest BCUT2D eigenvalue weighted by Gasteiger charge is -2.03. The highest BCUT2D eigenvalue weighted by Gasteiger charge is 1.98. The van der Waals surface area contributed by atoms with Crippen molar-refractivity contribution >= 4 is 5.97 Å². The molecule has 0 aromatic rings. The number of rotatable bonds is 0. The van der Waals surface area contributed by atoms with Gasteiger partial charge in [-0.3, -0.25) is 0 Å². The van der Waals surface area contributed by atoms with Crippen molar-refractivity contribution in [2.75, 3.05) is 19.8 Å². The topological polar surface area (TPSA) is 35.5 Å². The summed E-state index contributed by atoms with van der Waals surface area (Å²) in [6.07, 6.45) is 14.3. The molecule has 0 radical (unpaired) electrons. The van der Waals surface area contributed by atoms with Crippen LogP contribution in [0.4, 0.5) is 0 Å². The highest BCUT2D eigenvalue weighted by atomic mass is 16.5. The quantitative estimate of drug-likeness (QED) is 0.619. The number of esters is 1. The summed E-state index contributed by atoms with van der Waals surface area (Å²) in [7, 11) is 0. The molecule has 104 valence electrons. The fraction of sp³-hybridized carbons (Fsp3) is 0.800. The van der Waals surface area contributed by atoms with Crippen LogP contribution in [-0.2, 0) is 14.3 Å². The van der Waals surface area contributed by atoms with E-state index >= 15 is 0 Å². The van der Waals surface area contributed by atoms with Crippen LogP contribution in [0.2, 0.25) is 0 Å². The van der Waals surface area contributed by atoms with Crippen LogP contribution in [0.25, 0.3) is 0 Å². The molecular weight excluding hydrogens is 228 g/mol. The van der Waals surface area contributed by atoms with Gasteiger partial charge in [0.15, 0.2) is 0 Å². The molecule has 1 aliphatic rings. The smallest absolute Gasteiger partial charge is 0.330 e. The van der Waals surface area contributed by atoms with Crippen molar-refractivity contribution < 1.29 is 14.3 Å².